The molecule has 0 aliphatic rings. The van der Waals surface area contributed by atoms with E-state index in [9.17, 15) is 9.59 Å². The molecule has 0 aromatic heterocycles. The molecule has 2 amide bonds. The molecule has 2 unspecified atom stereocenters. The van der Waals surface area contributed by atoms with E-state index >= 15 is 0 Å². The number of aliphatic hydroxyl groups is 3. The Hall–Kier alpha value is -1.18. The Morgan fingerprint density at radius 3 is 1.87 bits per heavy atom. The summed E-state index contributed by atoms with van der Waals surface area (Å²) in [5.41, 5.74) is 4.55. The topological polar surface area (TPSA) is 133 Å². The maximum absolute atomic E-state index is 10.4. The van der Waals surface area contributed by atoms with Crippen LogP contribution in [0.25, 0.3) is 0 Å². The minimum atomic E-state index is -1.01. The fourth-order valence-electron chi connectivity index (χ4n) is 0.327. The maximum atomic E-state index is 10.4. The molecule has 0 fully saturated rings. The molecular weight excluding hydrogens is 204 g/mol. The first-order valence-electron chi connectivity index (χ1n) is 4.37. The van der Waals surface area contributed by atoms with E-state index in [1.807, 2.05) is 0 Å². The molecule has 0 rings (SSSR count). The largest absolute Gasteiger partial charge is 0.395 e. The molecule has 90 valence electrons. The zero-order valence-electron chi connectivity index (χ0n) is 8.80. The molecule has 15 heavy (non-hydrogen) atoms. The first-order valence-corrected chi connectivity index (χ1v) is 4.37. The van der Waals surface area contributed by atoms with Crippen molar-refractivity contribution in [1.29, 1.82) is 0 Å². The van der Waals surface area contributed by atoms with Gasteiger partial charge in [-0.05, 0) is 13.8 Å². The van der Waals surface area contributed by atoms with E-state index in [2.05, 4.69) is 11.1 Å². The number of nitrogens with two attached hydrogens (primary N) is 1. The number of hydrogen-bond donors (Lipinski definition) is 5. The molecule has 0 aliphatic carbocycles. The van der Waals surface area contributed by atoms with Crippen LogP contribution in [0.4, 0.5) is 0 Å². The van der Waals surface area contributed by atoms with Crippen LogP contribution in [-0.4, -0.2) is 52.5 Å². The van der Waals surface area contributed by atoms with E-state index in [1.165, 1.54) is 13.8 Å². The SMILES string of the molecule is CC(O)C(=O)NCCO.CC(O)C(N)=O. The van der Waals surface area contributed by atoms with Crippen LogP contribution < -0.4 is 11.1 Å². The smallest absolute Gasteiger partial charge is 0.248 e. The Kier molecular flexibility index (Phi) is 10.2. The second-order valence-corrected chi connectivity index (χ2v) is 2.77. The Bertz CT molecular complexity index is 193. The normalized spacial score (nSPS) is 13.1. The molecule has 0 bridgehead atoms. The Balaban J connectivity index is 0. The van der Waals surface area contributed by atoms with E-state index < -0.39 is 24.0 Å². The molecule has 7 nitrogen and oxygen atoms in total. The quantitative estimate of drug-likeness (QED) is 0.354. The van der Waals surface area contributed by atoms with E-state index in [-0.39, 0.29) is 13.2 Å². The second kappa shape index (κ2) is 9.38. The third kappa shape index (κ3) is 12.8. The van der Waals surface area contributed by atoms with Crippen LogP contribution in [0, 0.1) is 0 Å². The van der Waals surface area contributed by atoms with Gasteiger partial charge in [0, 0.05) is 6.54 Å². The summed E-state index contributed by atoms with van der Waals surface area (Å²) in [6.07, 6.45) is -2.00. The van der Waals surface area contributed by atoms with Crippen LogP contribution in [0.5, 0.6) is 0 Å². The second-order valence-electron chi connectivity index (χ2n) is 2.77. The van der Waals surface area contributed by atoms with Crippen molar-refractivity contribution in [3.63, 3.8) is 0 Å². The lowest BCUT2D eigenvalue weighted by molar-refractivity contribution is -0.128. The van der Waals surface area contributed by atoms with Gasteiger partial charge in [0.05, 0.1) is 6.61 Å². The minimum Gasteiger partial charge on any atom is -0.395 e. The van der Waals surface area contributed by atoms with Gasteiger partial charge in [-0.25, -0.2) is 0 Å². The minimum absolute atomic E-state index is 0.0987. The van der Waals surface area contributed by atoms with E-state index in [4.69, 9.17) is 15.3 Å². The molecule has 0 saturated heterocycles. The molecule has 0 saturated carbocycles. The number of hydrogen-bond acceptors (Lipinski definition) is 5. The van der Waals surface area contributed by atoms with Crippen molar-refractivity contribution < 1.29 is 24.9 Å². The molecular formula is C8H18N2O5. The first kappa shape index (κ1) is 16.3. The molecule has 0 radical (unpaired) electrons. The van der Waals surface area contributed by atoms with Crippen LogP contribution in [0.1, 0.15) is 13.8 Å². The van der Waals surface area contributed by atoms with Crippen LogP contribution in [0.15, 0.2) is 0 Å². The Morgan fingerprint density at radius 2 is 1.67 bits per heavy atom. The zero-order chi connectivity index (χ0) is 12.4. The summed E-state index contributed by atoms with van der Waals surface area (Å²) < 4.78 is 0. The number of aliphatic hydroxyl groups excluding tert-OH is 3. The van der Waals surface area contributed by atoms with Crippen molar-refractivity contribution >= 4 is 11.8 Å². The summed E-state index contributed by atoms with van der Waals surface area (Å²) in [4.78, 5) is 20.1. The molecule has 6 N–H and O–H groups in total. The fraction of sp³-hybridized carbons (Fsp3) is 0.750. The van der Waals surface area contributed by atoms with E-state index in [0.717, 1.165) is 0 Å². The lowest BCUT2D eigenvalue weighted by atomic mass is 10.4. The van der Waals surface area contributed by atoms with Gasteiger partial charge in [0.15, 0.2) is 0 Å². The highest BCUT2D eigenvalue weighted by molar-refractivity contribution is 5.79. The summed E-state index contributed by atoms with van der Waals surface area (Å²) in [5.74, 6) is -1.14. The van der Waals surface area contributed by atoms with E-state index in [1.54, 1.807) is 0 Å². The van der Waals surface area contributed by atoms with Gasteiger partial charge < -0.3 is 26.4 Å². The van der Waals surface area contributed by atoms with Gasteiger partial charge in [-0.15, -0.1) is 0 Å². The number of nitrogens with one attached hydrogen (secondary N) is 1. The third-order valence-electron chi connectivity index (χ3n) is 1.20. The van der Waals surface area contributed by atoms with Crippen molar-refractivity contribution in [2.45, 2.75) is 26.1 Å². The Morgan fingerprint density at radius 1 is 1.27 bits per heavy atom. The van der Waals surface area contributed by atoms with Gasteiger partial charge in [-0.1, -0.05) is 0 Å². The number of carbonyl (C=O) groups is 2. The van der Waals surface area contributed by atoms with E-state index in [0.29, 0.717) is 0 Å². The standard InChI is InChI=1S/C5H11NO3.C3H7NO2/c1-4(8)5(9)6-2-3-7;1-2(5)3(4)6/h4,7-8H,2-3H2,1H3,(H,6,9);2,5H,1H3,(H2,4,6). The molecule has 2 atom stereocenters. The fourth-order valence-corrected chi connectivity index (χ4v) is 0.327. The van der Waals surface area contributed by atoms with Gasteiger partial charge in [-0.3, -0.25) is 9.59 Å². The molecule has 7 heteroatoms. The van der Waals surface area contributed by atoms with Gasteiger partial charge in [0.25, 0.3) is 0 Å². The third-order valence-corrected chi connectivity index (χ3v) is 1.20. The number of amides is 2. The summed E-state index contributed by atoms with van der Waals surface area (Å²) in [7, 11) is 0. The molecule has 0 spiro atoms. The van der Waals surface area contributed by atoms with Gasteiger partial charge in [-0.2, -0.15) is 0 Å². The molecule has 0 aliphatic heterocycles. The average molecular weight is 222 g/mol. The van der Waals surface area contributed by atoms with Crippen LogP contribution in [-0.2, 0) is 9.59 Å². The predicted octanol–water partition coefficient (Wildman–Crippen LogP) is -2.67. The Labute approximate surface area is 87.9 Å². The molecule has 0 aromatic rings. The summed E-state index contributed by atoms with van der Waals surface area (Å²) in [5, 5.41) is 27.2. The van der Waals surface area contributed by atoms with Gasteiger partial charge in [0.1, 0.15) is 12.2 Å². The zero-order valence-corrected chi connectivity index (χ0v) is 8.80. The summed E-state index contributed by atoms with van der Waals surface area (Å²) >= 11 is 0. The average Bonchev–Trinajstić information content (AvgIpc) is 2.14. The van der Waals surface area contributed by atoms with Crippen LogP contribution in [0.2, 0.25) is 0 Å². The number of rotatable bonds is 4. The highest BCUT2D eigenvalue weighted by Crippen LogP contribution is 1.76. The summed E-state index contributed by atoms with van der Waals surface area (Å²) in [6, 6.07) is 0. The van der Waals surface area contributed by atoms with Gasteiger partial charge >= 0.3 is 0 Å². The monoisotopic (exact) mass is 222 g/mol. The predicted molar refractivity (Wildman–Crippen MR) is 52.7 cm³/mol. The number of primary amides is 1. The van der Waals surface area contributed by atoms with Crippen LogP contribution in [0.3, 0.4) is 0 Å². The van der Waals surface area contributed by atoms with Gasteiger partial charge in [0.2, 0.25) is 11.8 Å². The first-order chi connectivity index (χ1) is 6.82. The lowest BCUT2D eigenvalue weighted by Gasteiger charge is -2.03. The highest BCUT2D eigenvalue weighted by Gasteiger charge is 2.05. The van der Waals surface area contributed by atoms with Crippen molar-refractivity contribution in [2.75, 3.05) is 13.2 Å². The summed E-state index contributed by atoms with van der Waals surface area (Å²) in [6.45, 7) is 2.79. The van der Waals surface area contributed by atoms with Crippen molar-refractivity contribution in [3.05, 3.63) is 0 Å². The molecule has 0 aromatic carbocycles. The molecule has 0 heterocycles. The number of carbonyl (C=O) groups excluding carboxylic acids is 2. The van der Waals surface area contributed by atoms with Crippen molar-refractivity contribution in [2.24, 2.45) is 5.73 Å². The lowest BCUT2D eigenvalue weighted by Crippen LogP contribution is -2.34. The van der Waals surface area contributed by atoms with Crippen molar-refractivity contribution in [3.8, 4) is 0 Å². The van der Waals surface area contributed by atoms with Crippen LogP contribution >= 0.6 is 0 Å². The maximum Gasteiger partial charge on any atom is 0.248 e. The van der Waals surface area contributed by atoms with Crippen molar-refractivity contribution in [1.82, 2.24) is 5.32 Å². The highest BCUT2D eigenvalue weighted by atomic mass is 16.3.